The van der Waals surface area contributed by atoms with Crippen molar-refractivity contribution in [3.8, 4) is 0 Å². The number of carbonyl (C=O) groups excluding carboxylic acids is 1. The van der Waals surface area contributed by atoms with Crippen molar-refractivity contribution >= 4 is 5.97 Å². The molecule has 5 heteroatoms. The Hall–Kier alpha value is -0.650. The van der Waals surface area contributed by atoms with Crippen molar-refractivity contribution in [2.75, 3.05) is 40.6 Å². The molecule has 96 valence electrons. The molecule has 0 aliphatic rings. The van der Waals surface area contributed by atoms with Gasteiger partial charge in [0.15, 0.2) is 0 Å². The topological polar surface area (TPSA) is 56.8 Å². The van der Waals surface area contributed by atoms with E-state index in [1.165, 1.54) is 0 Å². The third-order valence-corrected chi connectivity index (χ3v) is 2.15. The van der Waals surface area contributed by atoms with Crippen molar-refractivity contribution in [3.05, 3.63) is 0 Å². The first-order valence-electron chi connectivity index (χ1n) is 5.66. The Morgan fingerprint density at radius 2 is 2.00 bits per heavy atom. The average molecular weight is 233 g/mol. The van der Waals surface area contributed by atoms with Gasteiger partial charge in [0.25, 0.3) is 0 Å². The highest BCUT2D eigenvalue weighted by Gasteiger charge is 2.14. The smallest absolute Gasteiger partial charge is 0.323 e. The van der Waals surface area contributed by atoms with E-state index in [1.54, 1.807) is 14.2 Å². The molecule has 0 bridgehead atoms. The van der Waals surface area contributed by atoms with E-state index in [0.717, 1.165) is 12.8 Å². The summed E-state index contributed by atoms with van der Waals surface area (Å²) in [7, 11) is 3.39. The van der Waals surface area contributed by atoms with E-state index in [0.29, 0.717) is 26.4 Å². The van der Waals surface area contributed by atoms with Crippen LogP contribution in [0.4, 0.5) is 0 Å². The Morgan fingerprint density at radius 1 is 1.25 bits per heavy atom. The predicted octanol–water partition coefficient (Wildman–Crippen LogP) is 0.581. The minimum absolute atomic E-state index is 0.193. The van der Waals surface area contributed by atoms with Gasteiger partial charge in [0.05, 0.1) is 19.8 Å². The first kappa shape index (κ1) is 15.3. The van der Waals surface area contributed by atoms with Crippen molar-refractivity contribution in [2.45, 2.75) is 25.8 Å². The summed E-state index contributed by atoms with van der Waals surface area (Å²) in [4.78, 5) is 11.4. The second kappa shape index (κ2) is 10.9. The Kier molecular flexibility index (Phi) is 10.4. The van der Waals surface area contributed by atoms with Gasteiger partial charge in [0.1, 0.15) is 6.04 Å². The molecule has 0 aromatic heterocycles. The number of esters is 1. The number of methoxy groups -OCH3 is 1. The second-order valence-electron chi connectivity index (χ2n) is 3.38. The summed E-state index contributed by atoms with van der Waals surface area (Å²) in [6.45, 7) is 4.11. The molecule has 1 unspecified atom stereocenters. The summed E-state index contributed by atoms with van der Waals surface area (Å²) in [6, 6.07) is -0.200. The van der Waals surface area contributed by atoms with Crippen LogP contribution in [0.25, 0.3) is 0 Å². The molecule has 0 rings (SSSR count). The fraction of sp³-hybridized carbons (Fsp3) is 0.909. The van der Waals surface area contributed by atoms with Gasteiger partial charge in [-0.15, -0.1) is 0 Å². The van der Waals surface area contributed by atoms with Crippen LogP contribution in [0.15, 0.2) is 0 Å². The van der Waals surface area contributed by atoms with E-state index in [-0.39, 0.29) is 12.0 Å². The number of hydrogen-bond acceptors (Lipinski definition) is 5. The van der Waals surface area contributed by atoms with Crippen LogP contribution in [0.2, 0.25) is 0 Å². The van der Waals surface area contributed by atoms with Gasteiger partial charge in [0, 0.05) is 20.1 Å². The Labute approximate surface area is 97.4 Å². The summed E-state index contributed by atoms with van der Waals surface area (Å²) in [5.41, 5.74) is 0. The van der Waals surface area contributed by atoms with Crippen molar-refractivity contribution in [3.63, 3.8) is 0 Å². The third-order valence-electron chi connectivity index (χ3n) is 2.15. The van der Waals surface area contributed by atoms with Crippen molar-refractivity contribution in [1.29, 1.82) is 0 Å². The highest BCUT2D eigenvalue weighted by molar-refractivity contribution is 5.75. The van der Waals surface area contributed by atoms with E-state index >= 15 is 0 Å². The quantitative estimate of drug-likeness (QED) is 0.442. The number of carbonyl (C=O) groups is 1. The fourth-order valence-corrected chi connectivity index (χ4v) is 1.17. The van der Waals surface area contributed by atoms with Crippen LogP contribution in [0.1, 0.15) is 19.8 Å². The van der Waals surface area contributed by atoms with E-state index in [2.05, 4.69) is 5.32 Å². The lowest BCUT2D eigenvalue weighted by Gasteiger charge is -2.12. The van der Waals surface area contributed by atoms with E-state index < -0.39 is 0 Å². The molecule has 0 aromatic carbocycles. The van der Waals surface area contributed by atoms with Gasteiger partial charge in [-0.05, 0) is 13.5 Å². The van der Waals surface area contributed by atoms with Crippen LogP contribution in [-0.2, 0) is 19.0 Å². The number of ether oxygens (including phenoxy) is 3. The van der Waals surface area contributed by atoms with E-state index in [1.807, 2.05) is 6.92 Å². The minimum atomic E-state index is -0.200. The van der Waals surface area contributed by atoms with Gasteiger partial charge in [-0.25, -0.2) is 0 Å². The molecule has 0 aliphatic carbocycles. The molecule has 1 N–H and O–H groups in total. The average Bonchev–Trinajstić information content (AvgIpc) is 2.29. The van der Waals surface area contributed by atoms with Crippen molar-refractivity contribution in [2.24, 2.45) is 0 Å². The van der Waals surface area contributed by atoms with Crippen LogP contribution < -0.4 is 5.32 Å². The van der Waals surface area contributed by atoms with E-state index in [9.17, 15) is 4.79 Å². The van der Waals surface area contributed by atoms with E-state index in [4.69, 9.17) is 14.2 Å². The van der Waals surface area contributed by atoms with Gasteiger partial charge in [-0.1, -0.05) is 6.92 Å². The van der Waals surface area contributed by atoms with Crippen molar-refractivity contribution in [1.82, 2.24) is 5.32 Å². The number of hydrogen-bond donors (Lipinski definition) is 1. The maximum atomic E-state index is 11.4. The Morgan fingerprint density at radius 3 is 2.56 bits per heavy atom. The van der Waals surface area contributed by atoms with Crippen LogP contribution in [-0.4, -0.2) is 52.6 Å². The maximum Gasteiger partial charge on any atom is 0.323 e. The largest absolute Gasteiger partial charge is 0.464 e. The molecule has 0 aromatic rings. The zero-order chi connectivity index (χ0) is 12.2. The zero-order valence-electron chi connectivity index (χ0n) is 10.5. The molecule has 16 heavy (non-hydrogen) atoms. The first-order valence-corrected chi connectivity index (χ1v) is 5.66. The van der Waals surface area contributed by atoms with Gasteiger partial charge >= 0.3 is 5.97 Å². The molecule has 0 heterocycles. The molecule has 0 saturated carbocycles. The van der Waals surface area contributed by atoms with Crippen molar-refractivity contribution < 1.29 is 19.0 Å². The number of nitrogens with one attached hydrogen (secondary N) is 1. The van der Waals surface area contributed by atoms with Gasteiger partial charge in [-0.2, -0.15) is 0 Å². The lowest BCUT2D eigenvalue weighted by Crippen LogP contribution is -2.35. The standard InChI is InChI=1S/C11H23NO4/c1-4-10(12-2)11(13)16-7-5-6-15-9-8-14-3/h10,12H,4-9H2,1-3H3. The van der Waals surface area contributed by atoms with Gasteiger partial charge < -0.3 is 19.5 Å². The van der Waals surface area contributed by atoms with Crippen LogP contribution >= 0.6 is 0 Å². The molecular formula is C11H23NO4. The monoisotopic (exact) mass is 233 g/mol. The lowest BCUT2D eigenvalue weighted by molar-refractivity contribution is -0.146. The van der Waals surface area contributed by atoms with Crippen LogP contribution in [0, 0.1) is 0 Å². The second-order valence-corrected chi connectivity index (χ2v) is 3.38. The highest BCUT2D eigenvalue weighted by atomic mass is 16.5. The normalized spacial score (nSPS) is 12.4. The van der Waals surface area contributed by atoms with Gasteiger partial charge in [-0.3, -0.25) is 4.79 Å². The summed E-state index contributed by atoms with van der Waals surface area (Å²) >= 11 is 0. The molecule has 1 atom stereocenters. The summed E-state index contributed by atoms with van der Waals surface area (Å²) in [5, 5.41) is 2.90. The summed E-state index contributed by atoms with van der Waals surface area (Å²) < 4.78 is 15.1. The Balaban J connectivity index is 3.33. The number of rotatable bonds is 10. The Bertz CT molecular complexity index is 171. The molecule has 5 nitrogen and oxygen atoms in total. The molecular weight excluding hydrogens is 210 g/mol. The molecule has 0 aliphatic heterocycles. The zero-order valence-corrected chi connectivity index (χ0v) is 10.5. The molecule has 0 spiro atoms. The SMILES string of the molecule is CCC(NC)C(=O)OCCCOCCOC. The lowest BCUT2D eigenvalue weighted by atomic mass is 10.2. The third kappa shape index (κ3) is 7.62. The van der Waals surface area contributed by atoms with Gasteiger partial charge in [0.2, 0.25) is 0 Å². The molecule has 0 saturated heterocycles. The first-order chi connectivity index (χ1) is 7.76. The molecule has 0 fully saturated rings. The molecule has 0 amide bonds. The fourth-order valence-electron chi connectivity index (χ4n) is 1.17. The summed E-state index contributed by atoms with van der Waals surface area (Å²) in [5.74, 6) is -0.193. The molecule has 0 radical (unpaired) electrons. The maximum absolute atomic E-state index is 11.4. The predicted molar refractivity (Wildman–Crippen MR) is 61.4 cm³/mol. The minimum Gasteiger partial charge on any atom is -0.464 e. The highest BCUT2D eigenvalue weighted by Crippen LogP contribution is 1.95. The summed E-state index contributed by atoms with van der Waals surface area (Å²) in [6.07, 6.45) is 1.45. The van der Waals surface area contributed by atoms with Crippen LogP contribution in [0.3, 0.4) is 0 Å². The van der Waals surface area contributed by atoms with Crippen LogP contribution in [0.5, 0.6) is 0 Å². The number of likely N-dealkylation sites (N-methyl/N-ethyl adjacent to an activating group) is 1.